The molecule has 3 fully saturated rings. The molecule has 4 aliphatic rings. The van der Waals surface area contributed by atoms with Gasteiger partial charge in [0.2, 0.25) is 5.91 Å². The van der Waals surface area contributed by atoms with Gasteiger partial charge in [0.1, 0.15) is 18.2 Å². The smallest absolute Gasteiger partial charge is 0.318 e. The van der Waals surface area contributed by atoms with E-state index in [1.807, 2.05) is 23.1 Å². The first-order chi connectivity index (χ1) is 19.9. The minimum absolute atomic E-state index is 0.187. The van der Waals surface area contributed by atoms with Crippen molar-refractivity contribution in [2.45, 2.75) is 63.8 Å². The van der Waals surface area contributed by atoms with Gasteiger partial charge in [-0.1, -0.05) is 24.3 Å². The highest BCUT2D eigenvalue weighted by Gasteiger charge is 2.46. The zero-order valence-electron chi connectivity index (χ0n) is 24.3. The predicted molar refractivity (Wildman–Crippen MR) is 160 cm³/mol. The van der Waals surface area contributed by atoms with Crippen LogP contribution in [0, 0.1) is 5.41 Å². The number of likely N-dealkylation sites (N-methyl/N-ethyl adjacent to an activating group) is 1. The van der Waals surface area contributed by atoms with Gasteiger partial charge in [0.25, 0.3) is 0 Å². The van der Waals surface area contributed by atoms with E-state index < -0.39 is 0 Å². The fourth-order valence-electron chi connectivity index (χ4n) is 7.68. The Morgan fingerprint density at radius 3 is 2.66 bits per heavy atom. The van der Waals surface area contributed by atoms with Crippen LogP contribution >= 0.6 is 0 Å². The number of likely N-dealkylation sites (tertiary alicyclic amines) is 2. The molecule has 1 aliphatic carbocycles. The summed E-state index contributed by atoms with van der Waals surface area (Å²) in [6.45, 7) is 7.07. The highest BCUT2D eigenvalue weighted by atomic mass is 16.5. The molecule has 3 aliphatic heterocycles. The molecule has 0 radical (unpaired) electrons. The van der Waals surface area contributed by atoms with Crippen LogP contribution < -0.4 is 9.64 Å². The number of carbonyl (C=O) groups excluding carboxylic acids is 1. The molecule has 216 valence electrons. The van der Waals surface area contributed by atoms with Crippen molar-refractivity contribution in [2.75, 3.05) is 51.3 Å². The molecule has 8 nitrogen and oxygen atoms in total. The van der Waals surface area contributed by atoms with Gasteiger partial charge in [-0.05, 0) is 92.9 Å². The number of piperidine rings is 1. The maximum absolute atomic E-state index is 11.8. The Balaban J connectivity index is 1.17. The molecule has 4 heterocycles. The van der Waals surface area contributed by atoms with E-state index in [1.165, 1.54) is 22.9 Å². The molecule has 0 bridgehead atoms. The average Bonchev–Trinajstić information content (AvgIpc) is 3.38. The van der Waals surface area contributed by atoms with Crippen LogP contribution in [-0.2, 0) is 17.6 Å². The molecule has 1 N–H and O–H groups in total. The van der Waals surface area contributed by atoms with Gasteiger partial charge in [0.05, 0.1) is 5.69 Å². The molecule has 3 aromatic rings. The van der Waals surface area contributed by atoms with E-state index in [0.717, 1.165) is 88.1 Å². The van der Waals surface area contributed by atoms with Gasteiger partial charge < -0.3 is 24.5 Å². The number of benzene rings is 2. The van der Waals surface area contributed by atoms with E-state index in [2.05, 4.69) is 35.0 Å². The highest BCUT2D eigenvalue weighted by Crippen LogP contribution is 2.44. The van der Waals surface area contributed by atoms with Gasteiger partial charge in [0, 0.05) is 50.1 Å². The third-order valence-electron chi connectivity index (χ3n) is 10.2. The topological polar surface area (TPSA) is 82.0 Å². The Labute approximate surface area is 242 Å². The standard InChI is InChI=1S/C33H41N5O3/c1-22(39)38-20-33(21-38)11-14-37(15-12-33)31-28-10-9-24(29-18-26(40)16-23-6-3-4-8-27(23)29)17-30(28)34-32(35-31)41-19-25-7-5-13-36(25)2/h3-4,6,8,16,18,24-25,40H,5,7,9-15,17,19-21H2,1-2H3. The predicted octanol–water partition coefficient (Wildman–Crippen LogP) is 4.53. The van der Waals surface area contributed by atoms with Crippen LogP contribution in [0.2, 0.25) is 0 Å². The van der Waals surface area contributed by atoms with Crippen molar-refractivity contribution in [3.05, 3.63) is 53.2 Å². The number of phenolic OH excluding ortho intramolecular Hbond substituents is 1. The number of ether oxygens (including phenoxy) is 1. The lowest BCUT2D eigenvalue weighted by atomic mass is 9.72. The number of aromatic hydroxyl groups is 1. The number of aromatic nitrogens is 2. The Kier molecular flexibility index (Phi) is 6.76. The second-order valence-electron chi connectivity index (χ2n) is 12.9. The van der Waals surface area contributed by atoms with Gasteiger partial charge in [0.15, 0.2) is 0 Å². The maximum Gasteiger partial charge on any atom is 0.318 e. The number of rotatable bonds is 5. The zero-order chi connectivity index (χ0) is 28.1. The van der Waals surface area contributed by atoms with E-state index in [4.69, 9.17) is 14.7 Å². The van der Waals surface area contributed by atoms with E-state index in [-0.39, 0.29) is 17.2 Å². The SMILES string of the molecule is CC(=O)N1CC2(CCN(c3nc(OCC4CCCN4C)nc4c3CCC(c3cc(O)cc5ccccc35)C4)CC2)C1. The summed E-state index contributed by atoms with van der Waals surface area (Å²) in [5, 5.41) is 12.8. The van der Waals surface area contributed by atoms with Crippen LogP contribution in [0.3, 0.4) is 0 Å². The Bertz CT molecular complexity index is 1460. The maximum atomic E-state index is 11.8. The molecule has 1 aromatic heterocycles. The summed E-state index contributed by atoms with van der Waals surface area (Å²) < 4.78 is 6.33. The molecule has 41 heavy (non-hydrogen) atoms. The van der Waals surface area contributed by atoms with Crippen LogP contribution in [-0.4, -0.2) is 83.2 Å². The van der Waals surface area contributed by atoms with Crippen molar-refractivity contribution in [1.82, 2.24) is 19.8 Å². The molecular weight excluding hydrogens is 514 g/mol. The van der Waals surface area contributed by atoms with Crippen LogP contribution in [0.15, 0.2) is 36.4 Å². The Hall–Kier alpha value is -3.39. The summed E-state index contributed by atoms with van der Waals surface area (Å²) in [5.74, 6) is 1.82. The van der Waals surface area contributed by atoms with Crippen LogP contribution in [0.25, 0.3) is 10.8 Å². The van der Waals surface area contributed by atoms with Gasteiger partial charge in [-0.3, -0.25) is 4.79 Å². The molecule has 1 amide bonds. The van der Waals surface area contributed by atoms with E-state index in [0.29, 0.717) is 24.4 Å². The molecule has 0 saturated carbocycles. The van der Waals surface area contributed by atoms with Crippen molar-refractivity contribution >= 4 is 22.5 Å². The fourth-order valence-corrected chi connectivity index (χ4v) is 7.68. The quantitative estimate of drug-likeness (QED) is 0.495. The largest absolute Gasteiger partial charge is 0.508 e. The van der Waals surface area contributed by atoms with Crippen molar-refractivity contribution in [1.29, 1.82) is 0 Å². The molecule has 7 rings (SSSR count). The molecule has 2 aromatic carbocycles. The van der Waals surface area contributed by atoms with Crippen molar-refractivity contribution < 1.29 is 14.6 Å². The minimum Gasteiger partial charge on any atom is -0.508 e. The van der Waals surface area contributed by atoms with Gasteiger partial charge >= 0.3 is 6.01 Å². The summed E-state index contributed by atoms with van der Waals surface area (Å²) in [6.07, 6.45) is 7.22. The Morgan fingerprint density at radius 1 is 1.10 bits per heavy atom. The van der Waals surface area contributed by atoms with Gasteiger partial charge in [-0.15, -0.1) is 0 Å². The second-order valence-corrected chi connectivity index (χ2v) is 12.9. The van der Waals surface area contributed by atoms with E-state index in [9.17, 15) is 9.90 Å². The van der Waals surface area contributed by atoms with Crippen molar-refractivity contribution in [2.24, 2.45) is 5.41 Å². The summed E-state index contributed by atoms with van der Waals surface area (Å²) in [7, 11) is 2.17. The minimum atomic E-state index is 0.187. The van der Waals surface area contributed by atoms with Crippen LogP contribution in [0.1, 0.15) is 61.8 Å². The molecular formula is C33H41N5O3. The molecule has 2 atom stereocenters. The lowest BCUT2D eigenvalue weighted by Gasteiger charge is -2.54. The van der Waals surface area contributed by atoms with Crippen molar-refractivity contribution in [3.63, 3.8) is 0 Å². The van der Waals surface area contributed by atoms with Crippen LogP contribution in [0.5, 0.6) is 11.8 Å². The van der Waals surface area contributed by atoms with Gasteiger partial charge in [-0.25, -0.2) is 0 Å². The van der Waals surface area contributed by atoms with Crippen molar-refractivity contribution in [3.8, 4) is 11.8 Å². The summed E-state index contributed by atoms with van der Waals surface area (Å²) >= 11 is 0. The summed E-state index contributed by atoms with van der Waals surface area (Å²) in [6, 6.07) is 13.0. The Morgan fingerprint density at radius 2 is 1.90 bits per heavy atom. The first-order valence-electron chi connectivity index (χ1n) is 15.3. The number of amides is 1. The number of anilines is 1. The third kappa shape index (κ3) is 5.00. The van der Waals surface area contributed by atoms with E-state index in [1.54, 1.807) is 6.92 Å². The highest BCUT2D eigenvalue weighted by molar-refractivity contribution is 5.87. The number of hydrogen-bond acceptors (Lipinski definition) is 7. The zero-order valence-corrected chi connectivity index (χ0v) is 24.3. The summed E-state index contributed by atoms with van der Waals surface area (Å²) in [4.78, 5) is 28.7. The molecule has 3 saturated heterocycles. The second kappa shape index (κ2) is 10.5. The first-order valence-corrected chi connectivity index (χ1v) is 15.3. The number of carbonyl (C=O) groups is 1. The summed E-state index contributed by atoms with van der Waals surface area (Å²) in [5.41, 5.74) is 3.80. The molecule has 2 unspecified atom stereocenters. The fraction of sp³-hybridized carbons (Fsp3) is 0.545. The monoisotopic (exact) mass is 555 g/mol. The lowest BCUT2D eigenvalue weighted by Crippen LogP contribution is -2.61. The number of nitrogens with zero attached hydrogens (tertiary/aromatic N) is 5. The average molecular weight is 556 g/mol. The molecule has 8 heteroatoms. The lowest BCUT2D eigenvalue weighted by molar-refractivity contribution is -0.142. The molecule has 1 spiro atoms. The van der Waals surface area contributed by atoms with Crippen LogP contribution in [0.4, 0.5) is 5.82 Å². The third-order valence-corrected chi connectivity index (χ3v) is 10.2. The number of phenols is 1. The number of fused-ring (bicyclic) bond motifs is 2. The van der Waals surface area contributed by atoms with Gasteiger partial charge in [-0.2, -0.15) is 9.97 Å². The first kappa shape index (κ1) is 26.5. The normalized spacial score (nSPS) is 24.0. The number of hydrogen-bond donors (Lipinski definition) is 1. The van der Waals surface area contributed by atoms with E-state index >= 15 is 0 Å².